The number of nitrogens with zero attached hydrogens (tertiary/aromatic N) is 4. The minimum atomic E-state index is -1.65. The zero-order chi connectivity index (χ0) is 59.4. The van der Waals surface area contributed by atoms with Gasteiger partial charge < -0.3 is 54.9 Å². The van der Waals surface area contributed by atoms with Gasteiger partial charge in [-0.25, -0.2) is 4.79 Å². The molecule has 12 atom stereocenters. The lowest BCUT2D eigenvalue weighted by Crippen LogP contribution is -2.63. The summed E-state index contributed by atoms with van der Waals surface area (Å²) in [6.07, 6.45) is -2.37. The zero-order valence-electron chi connectivity index (χ0n) is 49.4. The molecular formula is C58H91N7O14. The molecule has 21 heteroatoms. The van der Waals surface area contributed by atoms with E-state index in [4.69, 9.17) is 14.2 Å². The highest BCUT2D eigenvalue weighted by atomic mass is 16.6. The summed E-state index contributed by atoms with van der Waals surface area (Å²) in [5, 5.41) is 18.7. The number of benzene rings is 1. The maximum Gasteiger partial charge on any atom is 0.329 e. The Balaban J connectivity index is 1.89. The number of carbonyl (C=O) groups excluding carboxylic acids is 10. The number of esters is 2. The molecule has 1 aromatic rings. The van der Waals surface area contributed by atoms with Crippen LogP contribution in [0.5, 0.6) is 5.75 Å². The number of amides is 7. The molecule has 0 aromatic heterocycles. The Morgan fingerprint density at radius 2 is 1.53 bits per heavy atom. The first-order valence-corrected chi connectivity index (χ1v) is 28.3. The molecule has 1 aromatic carbocycles. The van der Waals surface area contributed by atoms with Gasteiger partial charge in [-0.3, -0.25) is 43.2 Å². The quantitative estimate of drug-likeness (QED) is 0.144. The third-order valence-electron chi connectivity index (χ3n) is 16.0. The smallest absolute Gasteiger partial charge is 0.329 e. The van der Waals surface area contributed by atoms with E-state index >= 15 is 14.4 Å². The largest absolute Gasteiger partial charge is 0.497 e. The second-order valence-electron chi connectivity index (χ2n) is 23.4. The van der Waals surface area contributed by atoms with Crippen molar-refractivity contribution in [1.82, 2.24) is 35.6 Å². The number of likely N-dealkylation sites (N-methyl/N-ethyl adjacent to an activating group) is 2. The Kier molecular flexibility index (Phi) is 23.9. The molecule has 0 bridgehead atoms. The third-order valence-corrected chi connectivity index (χ3v) is 16.0. The van der Waals surface area contributed by atoms with Crippen molar-refractivity contribution in [2.24, 2.45) is 29.6 Å². The predicted octanol–water partition coefficient (Wildman–Crippen LogP) is 3.74. The number of hydrogen-bond donors (Lipinski definition) is 4. The van der Waals surface area contributed by atoms with Gasteiger partial charge in [0.2, 0.25) is 35.4 Å². The van der Waals surface area contributed by atoms with E-state index in [-0.39, 0.29) is 69.4 Å². The minimum absolute atomic E-state index is 0.00480. The molecule has 442 valence electrons. The van der Waals surface area contributed by atoms with E-state index in [1.54, 1.807) is 45.0 Å². The van der Waals surface area contributed by atoms with E-state index in [2.05, 4.69) is 16.0 Å². The molecule has 4 N–H and O–H groups in total. The summed E-state index contributed by atoms with van der Waals surface area (Å²) in [6.45, 7) is 20.6. The summed E-state index contributed by atoms with van der Waals surface area (Å²) >= 11 is 0. The van der Waals surface area contributed by atoms with Crippen LogP contribution in [-0.4, -0.2) is 178 Å². The van der Waals surface area contributed by atoms with Gasteiger partial charge in [0.05, 0.1) is 13.0 Å². The highest BCUT2D eigenvalue weighted by molar-refractivity contribution is 6.05. The number of aliphatic hydroxyl groups is 1. The Morgan fingerprint density at radius 3 is 2.10 bits per heavy atom. The molecule has 21 nitrogen and oxygen atoms in total. The number of rotatable bonds is 15. The molecule has 3 unspecified atom stereocenters. The first-order valence-electron chi connectivity index (χ1n) is 28.3. The van der Waals surface area contributed by atoms with E-state index in [1.165, 1.54) is 61.6 Å². The highest BCUT2D eigenvalue weighted by Gasteiger charge is 2.51. The van der Waals surface area contributed by atoms with Crippen LogP contribution in [0.2, 0.25) is 0 Å². The van der Waals surface area contributed by atoms with Gasteiger partial charge in [-0.15, -0.1) is 0 Å². The fourth-order valence-corrected chi connectivity index (χ4v) is 10.8. The number of cyclic esters (lactones) is 2. The van der Waals surface area contributed by atoms with Crippen molar-refractivity contribution in [2.45, 2.75) is 207 Å². The van der Waals surface area contributed by atoms with Gasteiger partial charge in [-0.1, -0.05) is 73.9 Å². The summed E-state index contributed by atoms with van der Waals surface area (Å²) in [7, 11) is 4.37. The number of carbonyl (C=O) groups is 10. The molecule has 3 aliphatic heterocycles. The third kappa shape index (κ3) is 16.5. The number of aliphatic hydroxyl groups excluding tert-OH is 1. The van der Waals surface area contributed by atoms with Crippen LogP contribution in [0.15, 0.2) is 24.3 Å². The van der Waals surface area contributed by atoms with Crippen molar-refractivity contribution >= 4 is 59.1 Å². The molecule has 79 heavy (non-hydrogen) atoms. The average molecular weight is 1110 g/mol. The molecule has 3 aliphatic rings. The maximum absolute atomic E-state index is 15.2. The van der Waals surface area contributed by atoms with Gasteiger partial charge in [0, 0.05) is 46.1 Å². The number of ether oxygens (including phenoxy) is 3. The molecular weight excluding hydrogens is 1020 g/mol. The van der Waals surface area contributed by atoms with Crippen LogP contribution in [0.4, 0.5) is 0 Å². The van der Waals surface area contributed by atoms with Crippen LogP contribution in [0.25, 0.3) is 0 Å². The molecule has 0 aliphatic carbocycles. The number of fused-ring (bicyclic) bond motifs is 1. The fraction of sp³-hybridized carbons (Fsp3) is 0.724. The maximum atomic E-state index is 15.2. The lowest BCUT2D eigenvalue weighted by Gasteiger charge is -2.41. The molecule has 3 heterocycles. The van der Waals surface area contributed by atoms with Crippen LogP contribution in [-0.2, 0) is 63.8 Å². The molecule has 3 fully saturated rings. The van der Waals surface area contributed by atoms with Crippen LogP contribution in [0.3, 0.4) is 0 Å². The van der Waals surface area contributed by atoms with Gasteiger partial charge in [0.15, 0.2) is 11.9 Å². The van der Waals surface area contributed by atoms with E-state index in [0.717, 1.165) is 0 Å². The summed E-state index contributed by atoms with van der Waals surface area (Å²) < 4.78 is 17.4. The van der Waals surface area contributed by atoms with Gasteiger partial charge >= 0.3 is 11.9 Å². The Hall–Kier alpha value is -6.12. The van der Waals surface area contributed by atoms with Crippen molar-refractivity contribution in [2.75, 3.05) is 34.3 Å². The Bertz CT molecular complexity index is 2340. The minimum Gasteiger partial charge on any atom is -0.497 e. The Labute approximate surface area is 467 Å². The standard InChI is InChI=1S/C58H91N7O14/c1-16-35(8)41-24-25-46(67)79-49(34(6)7)48(68)36(9)50(69)60-42(29-32(2)3)54(73)65-28-18-26-58(65,12)57(76)63(14)45(31-39-20-22-40(77-15)23-21-39)56(75)78-38(11)47(52(71)59-41)61-51(70)44(30-33(4)5)62(13)55(74)43-19-17-27-64(43)53(72)37(10)66/h20-23,32-38,41-45,47,49,66H,16-19,24-31H2,1-15H3,(H,59,71)(H,60,69)(H,61,70)/t35-,36?,37?,38+,41-,42-,43-,44+,45-,47?,49-,58-/m0/s1. The SMILES string of the molecule is CC[C@H](C)[C@@H]1CCC(=O)O[C@@H](C(C)C)C(=O)C(C)C(=O)N[C@@H](CC(C)C)C(=O)N2CCC[C@@]2(C)C(=O)N(C)[C@@H](Cc2ccc(OC)cc2)C(=O)O[C@H](C)C(NC(=O)[C@@H](CC(C)C)N(C)C(=O)[C@@H]2CCCN2C(=O)C(C)O)C(=O)N1. The van der Waals surface area contributed by atoms with E-state index in [1.807, 2.05) is 41.5 Å². The van der Waals surface area contributed by atoms with E-state index in [9.17, 15) is 38.7 Å². The van der Waals surface area contributed by atoms with E-state index < -0.39 is 131 Å². The molecule has 0 radical (unpaired) electrons. The van der Waals surface area contributed by atoms with Crippen LogP contribution >= 0.6 is 0 Å². The summed E-state index contributed by atoms with van der Waals surface area (Å²) in [6, 6.07) is -0.291. The van der Waals surface area contributed by atoms with Crippen LogP contribution < -0.4 is 20.7 Å². The number of methoxy groups -OCH3 is 1. The topological polar surface area (TPSA) is 268 Å². The highest BCUT2D eigenvalue weighted by Crippen LogP contribution is 2.34. The van der Waals surface area contributed by atoms with Crippen molar-refractivity contribution in [3.63, 3.8) is 0 Å². The number of nitrogens with one attached hydrogen (secondary N) is 3. The number of Topliss-reactive ketones (excluding diaryl/α,β-unsaturated/α-hetero) is 1. The lowest BCUT2D eigenvalue weighted by molar-refractivity contribution is -0.164. The first-order chi connectivity index (χ1) is 37.0. The number of likely N-dealkylation sites (tertiary alicyclic amines) is 1. The normalized spacial score (nSPS) is 27.7. The monoisotopic (exact) mass is 1110 g/mol. The first kappa shape index (κ1) is 65.4. The molecule has 0 saturated carbocycles. The van der Waals surface area contributed by atoms with Gasteiger partial charge in [0.25, 0.3) is 5.91 Å². The number of hydrogen-bond acceptors (Lipinski definition) is 14. The fourth-order valence-electron chi connectivity index (χ4n) is 10.8. The van der Waals surface area contributed by atoms with Gasteiger partial charge in [0.1, 0.15) is 53.7 Å². The van der Waals surface area contributed by atoms with Crippen molar-refractivity contribution in [3.05, 3.63) is 29.8 Å². The average Bonchev–Trinajstić information content (AvgIpc) is 4.12. The van der Waals surface area contributed by atoms with Crippen molar-refractivity contribution in [1.29, 1.82) is 0 Å². The molecule has 4 rings (SSSR count). The zero-order valence-corrected chi connectivity index (χ0v) is 49.4. The lowest BCUT2D eigenvalue weighted by atomic mass is 9.92. The van der Waals surface area contributed by atoms with E-state index in [0.29, 0.717) is 37.0 Å². The van der Waals surface area contributed by atoms with Gasteiger partial charge in [-0.2, -0.15) is 0 Å². The van der Waals surface area contributed by atoms with Crippen LogP contribution in [0.1, 0.15) is 146 Å². The molecule has 7 amide bonds. The van der Waals surface area contributed by atoms with Gasteiger partial charge in [-0.05, 0) is 114 Å². The molecule has 3 saturated heterocycles. The predicted molar refractivity (Wildman–Crippen MR) is 293 cm³/mol. The van der Waals surface area contributed by atoms with Crippen molar-refractivity contribution < 1.29 is 67.3 Å². The second kappa shape index (κ2) is 28.9. The molecule has 0 spiro atoms. The summed E-state index contributed by atoms with van der Waals surface area (Å²) in [5.41, 5.74) is -0.948. The Morgan fingerprint density at radius 1 is 0.886 bits per heavy atom. The van der Waals surface area contributed by atoms with Crippen LogP contribution in [0, 0.1) is 29.6 Å². The summed E-state index contributed by atoms with van der Waals surface area (Å²) in [5.74, 6) is -9.05. The van der Waals surface area contributed by atoms with Crippen molar-refractivity contribution in [3.8, 4) is 5.75 Å². The number of ketones is 1. The summed E-state index contributed by atoms with van der Waals surface area (Å²) in [4.78, 5) is 149. The second-order valence-corrected chi connectivity index (χ2v) is 23.4.